The van der Waals surface area contributed by atoms with Crippen molar-refractivity contribution in [1.29, 1.82) is 0 Å². The van der Waals surface area contributed by atoms with Crippen molar-refractivity contribution in [3.63, 3.8) is 0 Å². The van der Waals surface area contributed by atoms with E-state index in [1.165, 1.54) is 24.3 Å². The Bertz CT molecular complexity index is 477. The number of hydrogen-bond donors (Lipinski definition) is 2. The minimum Gasteiger partial charge on any atom is -0.508 e. The fourth-order valence-corrected chi connectivity index (χ4v) is 2.27. The first-order chi connectivity index (χ1) is 9.56. The molecule has 1 fully saturated rings. The molecule has 2 N–H and O–H groups in total. The lowest BCUT2D eigenvalue weighted by Gasteiger charge is -2.17. The van der Waals surface area contributed by atoms with Gasteiger partial charge in [-0.3, -0.25) is 4.79 Å². The summed E-state index contributed by atoms with van der Waals surface area (Å²) in [6, 6.07) is 5.93. The Hall–Kier alpha value is -2.04. The summed E-state index contributed by atoms with van der Waals surface area (Å²) in [5.74, 6) is -0.753. The number of phenolic OH excluding ortho intramolecular Hbond substituents is 1. The van der Waals surface area contributed by atoms with Gasteiger partial charge in [0.1, 0.15) is 5.75 Å². The van der Waals surface area contributed by atoms with Gasteiger partial charge in [-0.05, 0) is 44.0 Å². The average molecular weight is 277 g/mol. The molecule has 20 heavy (non-hydrogen) atoms. The van der Waals surface area contributed by atoms with Crippen molar-refractivity contribution in [2.24, 2.45) is 0 Å². The quantitative estimate of drug-likeness (QED) is 0.825. The zero-order valence-corrected chi connectivity index (χ0v) is 11.5. The molecule has 0 unspecified atom stereocenters. The Balaban J connectivity index is 1.86. The van der Waals surface area contributed by atoms with Gasteiger partial charge in [-0.25, -0.2) is 4.79 Å². The molecule has 1 aromatic carbocycles. The van der Waals surface area contributed by atoms with Gasteiger partial charge in [0.15, 0.2) is 6.10 Å². The van der Waals surface area contributed by atoms with Gasteiger partial charge < -0.3 is 15.2 Å². The van der Waals surface area contributed by atoms with E-state index in [2.05, 4.69) is 5.32 Å². The third-order valence-corrected chi connectivity index (χ3v) is 3.46. The van der Waals surface area contributed by atoms with Crippen LogP contribution in [0, 0.1) is 0 Å². The van der Waals surface area contributed by atoms with Crippen molar-refractivity contribution in [2.75, 3.05) is 0 Å². The predicted octanol–water partition coefficient (Wildman–Crippen LogP) is 2.00. The van der Waals surface area contributed by atoms with Crippen molar-refractivity contribution in [1.82, 2.24) is 5.32 Å². The van der Waals surface area contributed by atoms with Gasteiger partial charge >= 0.3 is 5.97 Å². The van der Waals surface area contributed by atoms with E-state index in [1.54, 1.807) is 6.92 Å². The maximum Gasteiger partial charge on any atom is 0.338 e. The Morgan fingerprint density at radius 3 is 2.45 bits per heavy atom. The number of aromatic hydroxyl groups is 1. The number of rotatable bonds is 4. The largest absolute Gasteiger partial charge is 0.508 e. The molecule has 108 valence electrons. The van der Waals surface area contributed by atoms with Gasteiger partial charge in [0.25, 0.3) is 5.91 Å². The highest BCUT2D eigenvalue weighted by molar-refractivity contribution is 5.92. The molecule has 1 atom stereocenters. The normalized spacial score (nSPS) is 16.6. The molecule has 0 saturated heterocycles. The van der Waals surface area contributed by atoms with Gasteiger partial charge in [0, 0.05) is 6.04 Å². The lowest BCUT2D eigenvalue weighted by atomic mass is 10.2. The van der Waals surface area contributed by atoms with Crippen molar-refractivity contribution in [3.8, 4) is 5.75 Å². The van der Waals surface area contributed by atoms with Gasteiger partial charge in [0.2, 0.25) is 0 Å². The predicted molar refractivity (Wildman–Crippen MR) is 73.4 cm³/mol. The van der Waals surface area contributed by atoms with Crippen LogP contribution in [0.1, 0.15) is 43.0 Å². The lowest BCUT2D eigenvalue weighted by molar-refractivity contribution is -0.129. The zero-order valence-electron chi connectivity index (χ0n) is 11.5. The standard InChI is InChI=1S/C15H19NO4/c1-10(14(18)16-12-4-2-3-5-12)20-15(19)11-6-8-13(17)9-7-11/h6-10,12,17H,2-5H2,1H3,(H,16,18)/t10-/m0/s1. The van der Waals surface area contributed by atoms with Crippen LogP contribution >= 0.6 is 0 Å². The Morgan fingerprint density at radius 1 is 1.25 bits per heavy atom. The number of ether oxygens (including phenoxy) is 1. The second-order valence-electron chi connectivity index (χ2n) is 5.08. The highest BCUT2D eigenvalue weighted by Crippen LogP contribution is 2.18. The Kier molecular flexibility index (Phi) is 4.61. The molecular weight excluding hydrogens is 258 g/mol. The highest BCUT2D eigenvalue weighted by Gasteiger charge is 2.23. The molecule has 0 radical (unpaired) electrons. The molecule has 1 saturated carbocycles. The maximum atomic E-state index is 11.9. The average Bonchev–Trinajstić information content (AvgIpc) is 2.92. The number of benzene rings is 1. The van der Waals surface area contributed by atoms with E-state index in [0.717, 1.165) is 25.7 Å². The van der Waals surface area contributed by atoms with Crippen LogP contribution in [0.15, 0.2) is 24.3 Å². The van der Waals surface area contributed by atoms with E-state index in [0.29, 0.717) is 5.56 Å². The third-order valence-electron chi connectivity index (χ3n) is 3.46. The summed E-state index contributed by atoms with van der Waals surface area (Å²) >= 11 is 0. The van der Waals surface area contributed by atoms with E-state index in [-0.39, 0.29) is 17.7 Å². The van der Waals surface area contributed by atoms with E-state index >= 15 is 0 Å². The van der Waals surface area contributed by atoms with Crippen LogP contribution in [0.3, 0.4) is 0 Å². The summed E-state index contributed by atoms with van der Waals surface area (Å²) in [5, 5.41) is 12.0. The minimum absolute atomic E-state index is 0.0774. The minimum atomic E-state index is -0.822. The molecule has 1 aliphatic carbocycles. The number of carbonyl (C=O) groups excluding carboxylic acids is 2. The number of esters is 1. The fourth-order valence-electron chi connectivity index (χ4n) is 2.27. The van der Waals surface area contributed by atoms with E-state index in [1.807, 2.05) is 0 Å². The van der Waals surface area contributed by atoms with Crippen molar-refractivity contribution in [2.45, 2.75) is 44.8 Å². The second-order valence-corrected chi connectivity index (χ2v) is 5.08. The number of carbonyl (C=O) groups is 2. The number of hydrogen-bond acceptors (Lipinski definition) is 4. The molecule has 2 rings (SSSR count). The van der Waals surface area contributed by atoms with Crippen molar-refractivity contribution < 1.29 is 19.4 Å². The fraction of sp³-hybridized carbons (Fsp3) is 0.467. The van der Waals surface area contributed by atoms with Gasteiger partial charge in [0.05, 0.1) is 5.56 Å². The SMILES string of the molecule is C[C@H](OC(=O)c1ccc(O)cc1)C(=O)NC1CCCC1. The van der Waals surface area contributed by atoms with Gasteiger partial charge in [-0.2, -0.15) is 0 Å². The summed E-state index contributed by atoms with van der Waals surface area (Å²) in [6.07, 6.45) is 3.42. The van der Waals surface area contributed by atoms with Crippen LogP contribution in [-0.2, 0) is 9.53 Å². The van der Waals surface area contributed by atoms with Gasteiger partial charge in [-0.15, -0.1) is 0 Å². The van der Waals surface area contributed by atoms with Crippen LogP contribution < -0.4 is 5.32 Å². The van der Waals surface area contributed by atoms with Crippen LogP contribution in [-0.4, -0.2) is 29.1 Å². The van der Waals surface area contributed by atoms with Crippen molar-refractivity contribution in [3.05, 3.63) is 29.8 Å². The van der Waals surface area contributed by atoms with Crippen molar-refractivity contribution >= 4 is 11.9 Å². The monoisotopic (exact) mass is 277 g/mol. The van der Waals surface area contributed by atoms with E-state index < -0.39 is 12.1 Å². The first-order valence-corrected chi connectivity index (χ1v) is 6.86. The zero-order chi connectivity index (χ0) is 14.5. The summed E-state index contributed by atoms with van der Waals surface area (Å²) in [5.41, 5.74) is 0.309. The number of phenols is 1. The maximum absolute atomic E-state index is 11.9. The molecule has 1 aliphatic rings. The first-order valence-electron chi connectivity index (χ1n) is 6.86. The summed E-state index contributed by atoms with van der Waals surface area (Å²) < 4.78 is 5.12. The second kappa shape index (κ2) is 6.41. The molecule has 1 aromatic rings. The van der Waals surface area contributed by atoms with Crippen LogP contribution in [0.25, 0.3) is 0 Å². The number of nitrogens with one attached hydrogen (secondary N) is 1. The van der Waals surface area contributed by atoms with E-state index in [9.17, 15) is 9.59 Å². The molecule has 0 aromatic heterocycles. The molecule has 5 nitrogen and oxygen atoms in total. The van der Waals surface area contributed by atoms with E-state index in [4.69, 9.17) is 9.84 Å². The molecular formula is C15H19NO4. The third kappa shape index (κ3) is 3.73. The summed E-state index contributed by atoms with van der Waals surface area (Å²) in [4.78, 5) is 23.7. The van der Waals surface area contributed by atoms with Gasteiger partial charge in [-0.1, -0.05) is 12.8 Å². The topological polar surface area (TPSA) is 75.6 Å². The van der Waals surface area contributed by atoms with Crippen LogP contribution in [0.5, 0.6) is 5.75 Å². The molecule has 0 bridgehead atoms. The van der Waals surface area contributed by atoms with Crippen LogP contribution in [0.2, 0.25) is 0 Å². The highest BCUT2D eigenvalue weighted by atomic mass is 16.5. The number of amides is 1. The molecule has 0 aliphatic heterocycles. The first kappa shape index (κ1) is 14.4. The summed E-state index contributed by atoms with van der Waals surface area (Å²) in [7, 11) is 0. The Labute approximate surface area is 117 Å². The Morgan fingerprint density at radius 2 is 1.85 bits per heavy atom. The molecule has 0 spiro atoms. The smallest absolute Gasteiger partial charge is 0.338 e. The molecule has 0 heterocycles. The summed E-state index contributed by atoms with van der Waals surface area (Å²) in [6.45, 7) is 1.56. The molecule has 5 heteroatoms. The van der Waals surface area contributed by atoms with Crippen LogP contribution in [0.4, 0.5) is 0 Å². The lowest BCUT2D eigenvalue weighted by Crippen LogP contribution is -2.40. The molecule has 1 amide bonds.